The summed E-state index contributed by atoms with van der Waals surface area (Å²) in [6, 6.07) is 15.4. The molecule has 3 rings (SSSR count). The molecule has 2 aromatic carbocycles. The first-order valence-electron chi connectivity index (χ1n) is 9.86. The second-order valence-corrected chi connectivity index (χ2v) is 6.49. The molecule has 0 aliphatic heterocycles. The first kappa shape index (κ1) is 21.8. The number of hydrogen-bond donors (Lipinski definition) is 1. The molecule has 31 heavy (non-hydrogen) atoms. The Morgan fingerprint density at radius 1 is 0.806 bits per heavy atom. The number of ketones is 1. The van der Waals surface area contributed by atoms with Crippen LogP contribution in [0.3, 0.4) is 0 Å². The third kappa shape index (κ3) is 4.50. The standard InChI is InChI=1S/C24H23NO6/c1-4-30-23(27)20-18(15-9-7-6-8-10-15)19(21(25-20)24(28)31-5-2)22(26)16-11-13-17(29-3)14-12-16/h6-14,25H,4-5H2,1-3H3. The normalized spacial score (nSPS) is 10.4. The van der Waals surface area contributed by atoms with Crippen molar-refractivity contribution >= 4 is 17.7 Å². The summed E-state index contributed by atoms with van der Waals surface area (Å²) < 4.78 is 15.5. The van der Waals surface area contributed by atoms with Crippen molar-refractivity contribution in [2.75, 3.05) is 20.3 Å². The number of rotatable bonds is 8. The van der Waals surface area contributed by atoms with E-state index >= 15 is 0 Å². The summed E-state index contributed by atoms with van der Waals surface area (Å²) in [6.45, 7) is 3.60. The molecule has 0 atom stereocenters. The van der Waals surface area contributed by atoms with Crippen molar-refractivity contribution in [2.45, 2.75) is 13.8 Å². The summed E-state index contributed by atoms with van der Waals surface area (Å²) in [4.78, 5) is 41.7. The minimum absolute atomic E-state index is 0.0213. The topological polar surface area (TPSA) is 94.7 Å². The van der Waals surface area contributed by atoms with Gasteiger partial charge in [-0.15, -0.1) is 0 Å². The first-order valence-corrected chi connectivity index (χ1v) is 9.86. The van der Waals surface area contributed by atoms with Crippen LogP contribution in [0.1, 0.15) is 50.7 Å². The van der Waals surface area contributed by atoms with Gasteiger partial charge in [0.2, 0.25) is 0 Å². The van der Waals surface area contributed by atoms with Crippen LogP contribution in [-0.2, 0) is 9.47 Å². The minimum atomic E-state index is -0.730. The molecular weight excluding hydrogens is 398 g/mol. The van der Waals surface area contributed by atoms with Crippen molar-refractivity contribution in [1.29, 1.82) is 0 Å². The van der Waals surface area contributed by atoms with Crippen molar-refractivity contribution in [3.8, 4) is 16.9 Å². The van der Waals surface area contributed by atoms with Gasteiger partial charge >= 0.3 is 11.9 Å². The van der Waals surface area contributed by atoms with Gasteiger partial charge in [-0.1, -0.05) is 30.3 Å². The number of methoxy groups -OCH3 is 1. The number of benzene rings is 2. The van der Waals surface area contributed by atoms with E-state index in [9.17, 15) is 14.4 Å². The Hall–Kier alpha value is -3.87. The number of carbonyl (C=O) groups excluding carboxylic acids is 3. The molecule has 0 spiro atoms. The minimum Gasteiger partial charge on any atom is -0.497 e. The molecule has 0 fully saturated rings. The molecule has 0 radical (unpaired) electrons. The van der Waals surface area contributed by atoms with Crippen LogP contribution < -0.4 is 4.74 Å². The third-order valence-corrected chi connectivity index (χ3v) is 4.60. The first-order chi connectivity index (χ1) is 15.0. The van der Waals surface area contributed by atoms with Gasteiger partial charge in [-0.3, -0.25) is 4.79 Å². The number of carbonyl (C=O) groups is 3. The largest absolute Gasteiger partial charge is 0.497 e. The van der Waals surface area contributed by atoms with Gasteiger partial charge in [-0.2, -0.15) is 0 Å². The van der Waals surface area contributed by atoms with E-state index in [1.165, 1.54) is 7.11 Å². The summed E-state index contributed by atoms with van der Waals surface area (Å²) in [5.74, 6) is -1.24. The van der Waals surface area contributed by atoms with Gasteiger partial charge in [0.05, 0.1) is 25.9 Å². The third-order valence-electron chi connectivity index (χ3n) is 4.60. The van der Waals surface area contributed by atoms with Gasteiger partial charge in [0.1, 0.15) is 17.1 Å². The van der Waals surface area contributed by atoms with Gasteiger partial charge in [0, 0.05) is 11.1 Å². The summed E-state index contributed by atoms with van der Waals surface area (Å²) in [5, 5.41) is 0. The highest BCUT2D eigenvalue weighted by Crippen LogP contribution is 2.33. The number of aromatic amines is 1. The summed E-state index contributed by atoms with van der Waals surface area (Å²) in [7, 11) is 1.53. The molecule has 0 bridgehead atoms. The molecule has 1 N–H and O–H groups in total. The van der Waals surface area contributed by atoms with Crippen LogP contribution in [0.15, 0.2) is 54.6 Å². The van der Waals surface area contributed by atoms with Crippen molar-refractivity contribution in [2.24, 2.45) is 0 Å². The zero-order valence-corrected chi connectivity index (χ0v) is 17.6. The van der Waals surface area contributed by atoms with Crippen LogP contribution >= 0.6 is 0 Å². The number of H-pyrrole nitrogens is 1. The lowest BCUT2D eigenvalue weighted by Gasteiger charge is -2.09. The SMILES string of the molecule is CCOC(=O)c1[nH]c(C(=O)OCC)c(-c2ccccc2)c1C(=O)c1ccc(OC)cc1. The molecule has 7 nitrogen and oxygen atoms in total. The predicted octanol–water partition coefficient (Wildman–Crippen LogP) is 4.27. The molecule has 0 aliphatic rings. The average molecular weight is 421 g/mol. The lowest BCUT2D eigenvalue weighted by Crippen LogP contribution is -2.12. The zero-order valence-electron chi connectivity index (χ0n) is 17.6. The second-order valence-electron chi connectivity index (χ2n) is 6.49. The molecule has 0 aliphatic carbocycles. The Balaban J connectivity index is 2.27. The fourth-order valence-corrected chi connectivity index (χ4v) is 3.22. The summed E-state index contributed by atoms with van der Waals surface area (Å²) >= 11 is 0. The van der Waals surface area contributed by atoms with E-state index in [0.29, 0.717) is 22.4 Å². The molecule has 0 saturated heterocycles. The molecule has 0 amide bonds. The number of aromatic nitrogens is 1. The fourth-order valence-electron chi connectivity index (χ4n) is 3.22. The van der Waals surface area contributed by atoms with Crippen LogP contribution in [0, 0.1) is 0 Å². The summed E-state index contributed by atoms with van der Waals surface area (Å²) in [6.07, 6.45) is 0. The summed E-state index contributed by atoms with van der Waals surface area (Å²) in [5.41, 5.74) is 1.20. The van der Waals surface area contributed by atoms with E-state index in [2.05, 4.69) is 4.98 Å². The monoisotopic (exact) mass is 421 g/mol. The molecule has 0 unspecified atom stereocenters. The van der Waals surface area contributed by atoms with E-state index in [-0.39, 0.29) is 30.2 Å². The van der Waals surface area contributed by atoms with Gasteiger partial charge < -0.3 is 19.2 Å². The van der Waals surface area contributed by atoms with Crippen LogP contribution in [-0.4, -0.2) is 43.0 Å². The highest BCUT2D eigenvalue weighted by Gasteiger charge is 2.32. The van der Waals surface area contributed by atoms with Gasteiger partial charge in [-0.05, 0) is 43.7 Å². The van der Waals surface area contributed by atoms with E-state index in [4.69, 9.17) is 14.2 Å². The zero-order chi connectivity index (χ0) is 22.4. The lowest BCUT2D eigenvalue weighted by atomic mass is 9.94. The smallest absolute Gasteiger partial charge is 0.355 e. The number of esters is 2. The Morgan fingerprint density at radius 2 is 1.39 bits per heavy atom. The van der Waals surface area contributed by atoms with E-state index < -0.39 is 17.7 Å². The molecule has 160 valence electrons. The van der Waals surface area contributed by atoms with Crippen LogP contribution in [0.25, 0.3) is 11.1 Å². The average Bonchev–Trinajstić information content (AvgIpc) is 3.20. The van der Waals surface area contributed by atoms with Crippen LogP contribution in [0.4, 0.5) is 0 Å². The van der Waals surface area contributed by atoms with Gasteiger partial charge in [0.15, 0.2) is 5.78 Å². The molecule has 7 heteroatoms. The Labute approximate surface area is 179 Å². The van der Waals surface area contributed by atoms with Crippen LogP contribution in [0.5, 0.6) is 5.75 Å². The molecule has 0 saturated carbocycles. The van der Waals surface area contributed by atoms with Gasteiger partial charge in [-0.25, -0.2) is 9.59 Å². The maximum Gasteiger partial charge on any atom is 0.355 e. The molecular formula is C24H23NO6. The number of ether oxygens (including phenoxy) is 3. The van der Waals surface area contributed by atoms with E-state index in [1.54, 1.807) is 62.4 Å². The Bertz CT molecular complexity index is 1080. The molecule has 1 heterocycles. The van der Waals surface area contributed by atoms with Gasteiger partial charge in [0.25, 0.3) is 0 Å². The maximum atomic E-state index is 13.5. The number of hydrogen-bond acceptors (Lipinski definition) is 6. The second kappa shape index (κ2) is 9.75. The highest BCUT2D eigenvalue weighted by atomic mass is 16.5. The van der Waals surface area contributed by atoms with E-state index in [1.807, 2.05) is 6.07 Å². The van der Waals surface area contributed by atoms with E-state index in [0.717, 1.165) is 0 Å². The van der Waals surface area contributed by atoms with Crippen molar-refractivity contribution < 1.29 is 28.6 Å². The highest BCUT2D eigenvalue weighted by molar-refractivity contribution is 6.20. The predicted molar refractivity (Wildman–Crippen MR) is 115 cm³/mol. The fraction of sp³-hybridized carbons (Fsp3) is 0.208. The quantitative estimate of drug-likeness (QED) is 0.431. The van der Waals surface area contributed by atoms with Crippen molar-refractivity contribution in [3.05, 3.63) is 77.1 Å². The van der Waals surface area contributed by atoms with Crippen LogP contribution in [0.2, 0.25) is 0 Å². The Morgan fingerprint density at radius 3 is 1.94 bits per heavy atom. The number of nitrogens with one attached hydrogen (secondary N) is 1. The lowest BCUT2D eigenvalue weighted by molar-refractivity contribution is 0.0514. The molecule has 1 aromatic heterocycles. The molecule has 3 aromatic rings. The maximum absolute atomic E-state index is 13.5. The Kier molecular flexibility index (Phi) is 6.87. The van der Waals surface area contributed by atoms with Crippen molar-refractivity contribution in [3.63, 3.8) is 0 Å². The van der Waals surface area contributed by atoms with Crippen molar-refractivity contribution in [1.82, 2.24) is 4.98 Å².